The average Bonchev–Trinajstić information content (AvgIpc) is 3.38. The summed E-state index contributed by atoms with van der Waals surface area (Å²) in [5, 5.41) is 3.72. The molecule has 5 rings (SSSR count). The molecule has 0 bridgehead atoms. The maximum Gasteiger partial charge on any atom is 0.257 e. The zero-order valence-electron chi connectivity index (χ0n) is 15.5. The van der Waals surface area contributed by atoms with Crippen LogP contribution in [0.3, 0.4) is 0 Å². The fourth-order valence-electron chi connectivity index (χ4n) is 3.32. The number of para-hydroxylation sites is 1. The van der Waals surface area contributed by atoms with E-state index in [2.05, 4.69) is 5.32 Å². The second-order valence-electron chi connectivity index (χ2n) is 6.63. The first-order chi connectivity index (χ1) is 14.6. The number of fused-ring (bicyclic) bond motifs is 2. The SMILES string of the molecule is O=C(Nc1c(C(=O)c2ccc3c(c2)OCO3)oc2ccccc12)c1ccccc1Cl. The van der Waals surface area contributed by atoms with Gasteiger partial charge in [-0.2, -0.15) is 0 Å². The Morgan fingerprint density at radius 2 is 1.67 bits per heavy atom. The third-order valence-corrected chi connectivity index (χ3v) is 5.12. The number of amides is 1. The summed E-state index contributed by atoms with van der Waals surface area (Å²) in [6.45, 7) is 0.108. The molecular formula is C23H14ClNO5. The topological polar surface area (TPSA) is 77.8 Å². The predicted octanol–water partition coefficient (Wildman–Crippen LogP) is 5.30. The largest absolute Gasteiger partial charge is 0.454 e. The van der Waals surface area contributed by atoms with Crippen LogP contribution in [0, 0.1) is 0 Å². The van der Waals surface area contributed by atoms with Crippen molar-refractivity contribution >= 4 is 39.9 Å². The van der Waals surface area contributed by atoms with Crippen LogP contribution < -0.4 is 14.8 Å². The molecule has 1 aliphatic rings. The minimum atomic E-state index is -0.438. The Balaban J connectivity index is 1.58. The van der Waals surface area contributed by atoms with Crippen LogP contribution in [0.15, 0.2) is 71.1 Å². The van der Waals surface area contributed by atoms with Crippen molar-refractivity contribution in [3.05, 3.63) is 88.6 Å². The van der Waals surface area contributed by atoms with Gasteiger partial charge in [0.15, 0.2) is 17.3 Å². The van der Waals surface area contributed by atoms with Crippen LogP contribution in [0.2, 0.25) is 5.02 Å². The Labute approximate surface area is 176 Å². The third kappa shape index (κ3) is 3.07. The van der Waals surface area contributed by atoms with Gasteiger partial charge in [0, 0.05) is 10.9 Å². The van der Waals surface area contributed by atoms with E-state index < -0.39 is 5.91 Å². The summed E-state index contributed by atoms with van der Waals surface area (Å²) in [6.07, 6.45) is 0. The van der Waals surface area contributed by atoms with Crippen molar-refractivity contribution in [2.45, 2.75) is 0 Å². The Bertz CT molecular complexity index is 1310. The summed E-state index contributed by atoms with van der Waals surface area (Å²) in [7, 11) is 0. The van der Waals surface area contributed by atoms with Crippen molar-refractivity contribution in [3.8, 4) is 11.5 Å². The lowest BCUT2D eigenvalue weighted by Gasteiger charge is -2.08. The molecule has 0 atom stereocenters. The number of rotatable bonds is 4. The van der Waals surface area contributed by atoms with E-state index >= 15 is 0 Å². The van der Waals surface area contributed by atoms with Gasteiger partial charge < -0.3 is 19.2 Å². The predicted molar refractivity (Wildman–Crippen MR) is 112 cm³/mol. The molecule has 30 heavy (non-hydrogen) atoms. The van der Waals surface area contributed by atoms with Gasteiger partial charge in [-0.05, 0) is 42.5 Å². The van der Waals surface area contributed by atoms with Crippen molar-refractivity contribution in [1.29, 1.82) is 0 Å². The van der Waals surface area contributed by atoms with E-state index in [-0.39, 0.29) is 24.0 Å². The van der Waals surface area contributed by atoms with Crippen molar-refractivity contribution < 1.29 is 23.5 Å². The molecule has 2 heterocycles. The van der Waals surface area contributed by atoms with Crippen molar-refractivity contribution in [2.24, 2.45) is 0 Å². The van der Waals surface area contributed by atoms with Gasteiger partial charge in [-0.3, -0.25) is 9.59 Å². The quantitative estimate of drug-likeness (QED) is 0.454. The van der Waals surface area contributed by atoms with E-state index in [1.165, 1.54) is 0 Å². The highest BCUT2D eigenvalue weighted by Crippen LogP contribution is 2.36. The number of hydrogen-bond donors (Lipinski definition) is 1. The normalized spacial score (nSPS) is 12.2. The first-order valence-corrected chi connectivity index (χ1v) is 9.51. The van der Waals surface area contributed by atoms with Crippen molar-refractivity contribution in [3.63, 3.8) is 0 Å². The monoisotopic (exact) mass is 419 g/mol. The van der Waals surface area contributed by atoms with Crippen molar-refractivity contribution in [1.82, 2.24) is 0 Å². The second-order valence-corrected chi connectivity index (χ2v) is 7.04. The van der Waals surface area contributed by atoms with Gasteiger partial charge in [-0.25, -0.2) is 0 Å². The number of hydrogen-bond acceptors (Lipinski definition) is 5. The van der Waals surface area contributed by atoms with Gasteiger partial charge in [0.2, 0.25) is 12.6 Å². The van der Waals surface area contributed by atoms with Gasteiger partial charge >= 0.3 is 0 Å². The molecule has 4 aromatic rings. The van der Waals surface area contributed by atoms with Crippen LogP contribution in [-0.2, 0) is 0 Å². The van der Waals surface area contributed by atoms with Crippen LogP contribution in [0.4, 0.5) is 5.69 Å². The molecule has 1 N–H and O–H groups in total. The molecular weight excluding hydrogens is 406 g/mol. The molecule has 148 valence electrons. The summed E-state index contributed by atoms with van der Waals surface area (Å²) in [5.74, 6) is 0.253. The minimum Gasteiger partial charge on any atom is -0.454 e. The van der Waals surface area contributed by atoms with E-state index in [0.29, 0.717) is 38.6 Å². The summed E-state index contributed by atoms with van der Waals surface area (Å²) in [6, 6.07) is 18.7. The lowest BCUT2D eigenvalue weighted by atomic mass is 10.1. The lowest BCUT2D eigenvalue weighted by Crippen LogP contribution is -2.14. The van der Waals surface area contributed by atoms with Gasteiger partial charge in [0.1, 0.15) is 5.58 Å². The first-order valence-electron chi connectivity index (χ1n) is 9.13. The highest BCUT2D eigenvalue weighted by Gasteiger charge is 2.26. The number of carbonyl (C=O) groups excluding carboxylic acids is 2. The Morgan fingerprint density at radius 1 is 0.900 bits per heavy atom. The van der Waals surface area contributed by atoms with Crippen LogP contribution in [0.25, 0.3) is 11.0 Å². The molecule has 0 spiro atoms. The molecule has 6 nitrogen and oxygen atoms in total. The number of halogens is 1. The molecule has 1 amide bonds. The minimum absolute atomic E-state index is 0.0236. The molecule has 0 aliphatic carbocycles. The fourth-order valence-corrected chi connectivity index (χ4v) is 3.55. The molecule has 7 heteroatoms. The average molecular weight is 420 g/mol. The van der Waals surface area contributed by atoms with Crippen LogP contribution in [0.5, 0.6) is 11.5 Å². The smallest absolute Gasteiger partial charge is 0.257 e. The number of carbonyl (C=O) groups is 2. The molecule has 3 aromatic carbocycles. The highest BCUT2D eigenvalue weighted by atomic mass is 35.5. The number of furan rings is 1. The van der Waals surface area contributed by atoms with E-state index in [1.807, 2.05) is 0 Å². The van der Waals surface area contributed by atoms with Crippen LogP contribution >= 0.6 is 11.6 Å². The zero-order chi connectivity index (χ0) is 20.7. The summed E-state index contributed by atoms with van der Waals surface area (Å²) in [5.41, 5.74) is 1.42. The molecule has 0 unspecified atom stereocenters. The highest BCUT2D eigenvalue weighted by molar-refractivity contribution is 6.34. The Morgan fingerprint density at radius 3 is 2.53 bits per heavy atom. The van der Waals surface area contributed by atoms with Gasteiger partial charge in [-0.15, -0.1) is 0 Å². The number of nitrogens with one attached hydrogen (secondary N) is 1. The van der Waals surface area contributed by atoms with Gasteiger partial charge in [0.05, 0.1) is 16.3 Å². The number of anilines is 1. The number of ether oxygens (including phenoxy) is 2. The van der Waals surface area contributed by atoms with Gasteiger partial charge in [0.25, 0.3) is 5.91 Å². The lowest BCUT2D eigenvalue weighted by molar-refractivity contribution is 0.101. The Kier molecular flexibility index (Phi) is 4.41. The molecule has 0 fully saturated rings. The number of benzene rings is 3. The standard InChI is InChI=1S/C23H14ClNO5/c24-16-7-3-1-5-14(16)23(27)25-20-15-6-2-4-8-17(15)30-22(20)21(26)13-9-10-18-19(11-13)29-12-28-18/h1-11H,12H2,(H,25,27). The molecule has 0 saturated heterocycles. The molecule has 0 saturated carbocycles. The second kappa shape index (κ2) is 7.24. The molecule has 1 aliphatic heterocycles. The molecule has 0 radical (unpaired) electrons. The van der Waals surface area contributed by atoms with E-state index in [1.54, 1.807) is 66.7 Å². The summed E-state index contributed by atoms with van der Waals surface area (Å²) >= 11 is 6.15. The van der Waals surface area contributed by atoms with Gasteiger partial charge in [-0.1, -0.05) is 35.9 Å². The molecule has 1 aromatic heterocycles. The first kappa shape index (κ1) is 18.3. The number of ketones is 1. The summed E-state index contributed by atoms with van der Waals surface area (Å²) < 4.78 is 16.5. The van der Waals surface area contributed by atoms with E-state index in [9.17, 15) is 9.59 Å². The van der Waals surface area contributed by atoms with Crippen LogP contribution in [0.1, 0.15) is 26.5 Å². The van der Waals surface area contributed by atoms with Crippen molar-refractivity contribution in [2.75, 3.05) is 12.1 Å². The maximum absolute atomic E-state index is 13.3. The maximum atomic E-state index is 13.3. The summed E-state index contributed by atoms with van der Waals surface area (Å²) in [4.78, 5) is 26.1. The van der Waals surface area contributed by atoms with E-state index in [4.69, 9.17) is 25.5 Å². The fraction of sp³-hybridized carbons (Fsp3) is 0.0435. The van der Waals surface area contributed by atoms with Crippen LogP contribution in [-0.4, -0.2) is 18.5 Å². The Hall–Kier alpha value is -3.77. The third-order valence-electron chi connectivity index (χ3n) is 4.79. The zero-order valence-corrected chi connectivity index (χ0v) is 16.2. The van der Waals surface area contributed by atoms with E-state index in [0.717, 1.165) is 0 Å².